The lowest BCUT2D eigenvalue weighted by Crippen LogP contribution is -2.03. The fraction of sp³-hybridized carbons (Fsp3) is 0.200. The van der Waals surface area contributed by atoms with Crippen LogP contribution < -0.4 is 10.6 Å². The molecule has 2 N–H and O–H groups in total. The van der Waals surface area contributed by atoms with Crippen LogP contribution in [0, 0.1) is 5.82 Å². The van der Waals surface area contributed by atoms with Crippen LogP contribution in [-0.4, -0.2) is 16.0 Å². The topological polar surface area (TPSA) is 49.8 Å². The van der Waals surface area contributed by atoms with Crippen molar-refractivity contribution in [1.29, 1.82) is 0 Å². The van der Waals surface area contributed by atoms with E-state index in [2.05, 4.69) is 20.6 Å². The molecule has 26 heavy (non-hydrogen) atoms. The van der Waals surface area contributed by atoms with E-state index >= 15 is 0 Å². The fourth-order valence-electron chi connectivity index (χ4n) is 2.71. The summed E-state index contributed by atoms with van der Waals surface area (Å²) in [4.78, 5) is 8.64. The zero-order valence-electron chi connectivity index (χ0n) is 14.0. The molecule has 0 saturated heterocycles. The lowest BCUT2D eigenvalue weighted by Gasteiger charge is -2.11. The average molecular weight is 369 g/mol. The Bertz CT molecular complexity index is 927. The summed E-state index contributed by atoms with van der Waals surface area (Å²) in [6.07, 6.45) is 7.53. The number of hydrogen-bond acceptors (Lipinski definition) is 4. The second kappa shape index (κ2) is 7.30. The Labute approximate surface area is 156 Å². The molecule has 1 saturated carbocycles. The Balaban J connectivity index is 1.53. The van der Waals surface area contributed by atoms with Gasteiger partial charge in [0.15, 0.2) is 0 Å². The van der Waals surface area contributed by atoms with Crippen molar-refractivity contribution < 1.29 is 4.39 Å². The molecule has 3 aromatic rings. The molecule has 2 heterocycles. The minimum atomic E-state index is -0.240. The van der Waals surface area contributed by atoms with Gasteiger partial charge in [0.2, 0.25) is 0 Å². The van der Waals surface area contributed by atoms with Crippen molar-refractivity contribution >= 4 is 23.1 Å². The van der Waals surface area contributed by atoms with Crippen LogP contribution in [0.4, 0.5) is 15.9 Å². The first-order valence-corrected chi connectivity index (χ1v) is 8.91. The second-order valence-electron chi connectivity index (χ2n) is 6.41. The van der Waals surface area contributed by atoms with E-state index in [9.17, 15) is 4.39 Å². The van der Waals surface area contributed by atoms with E-state index in [1.165, 1.54) is 25.0 Å². The monoisotopic (exact) mass is 368 g/mol. The third kappa shape index (κ3) is 4.11. The van der Waals surface area contributed by atoms with Gasteiger partial charge in [0.1, 0.15) is 11.6 Å². The number of rotatable bonds is 6. The summed E-state index contributed by atoms with van der Waals surface area (Å²) in [5.41, 5.74) is 3.50. The van der Waals surface area contributed by atoms with Gasteiger partial charge in [0.05, 0.1) is 10.7 Å². The predicted octanol–water partition coefficient (Wildman–Crippen LogP) is 5.12. The Kier molecular flexibility index (Phi) is 4.71. The van der Waals surface area contributed by atoms with Crippen molar-refractivity contribution in [2.75, 3.05) is 10.6 Å². The molecule has 0 atom stereocenters. The molecule has 1 aliphatic carbocycles. The van der Waals surface area contributed by atoms with Gasteiger partial charge < -0.3 is 10.6 Å². The molecule has 6 heteroatoms. The van der Waals surface area contributed by atoms with Gasteiger partial charge in [-0.15, -0.1) is 0 Å². The molecular formula is C20H18ClFN4. The maximum absolute atomic E-state index is 13.3. The molecular weight excluding hydrogens is 351 g/mol. The van der Waals surface area contributed by atoms with Gasteiger partial charge in [-0.25, -0.2) is 9.37 Å². The maximum atomic E-state index is 13.3. The van der Waals surface area contributed by atoms with Crippen molar-refractivity contribution in [1.82, 2.24) is 9.97 Å². The van der Waals surface area contributed by atoms with Crippen LogP contribution in [0.15, 0.2) is 55.0 Å². The van der Waals surface area contributed by atoms with Crippen LogP contribution in [0.3, 0.4) is 0 Å². The zero-order chi connectivity index (χ0) is 17.9. The minimum absolute atomic E-state index is 0.240. The molecule has 132 valence electrons. The van der Waals surface area contributed by atoms with Crippen LogP contribution in [0.25, 0.3) is 11.1 Å². The molecule has 1 aromatic carbocycles. The second-order valence-corrected chi connectivity index (χ2v) is 6.82. The molecule has 1 aliphatic rings. The number of aromatic nitrogens is 2. The van der Waals surface area contributed by atoms with E-state index in [-0.39, 0.29) is 5.82 Å². The predicted molar refractivity (Wildman–Crippen MR) is 103 cm³/mol. The highest BCUT2D eigenvalue weighted by molar-refractivity contribution is 6.33. The lowest BCUT2D eigenvalue weighted by molar-refractivity contribution is 0.626. The molecule has 0 radical (unpaired) electrons. The van der Waals surface area contributed by atoms with Crippen LogP contribution in [0.5, 0.6) is 0 Å². The van der Waals surface area contributed by atoms with Gasteiger partial charge in [-0.2, -0.15) is 0 Å². The minimum Gasteiger partial charge on any atom is -0.380 e. The van der Waals surface area contributed by atoms with E-state index in [0.29, 0.717) is 17.6 Å². The number of benzene rings is 1. The average Bonchev–Trinajstić information content (AvgIpc) is 3.46. The van der Waals surface area contributed by atoms with Crippen molar-refractivity contribution in [3.05, 3.63) is 71.4 Å². The lowest BCUT2D eigenvalue weighted by atomic mass is 10.1. The normalized spacial score (nSPS) is 13.5. The first-order chi connectivity index (χ1) is 12.7. The number of nitrogens with one attached hydrogen (secondary N) is 2. The van der Waals surface area contributed by atoms with Gasteiger partial charge in [-0.05, 0) is 42.7 Å². The summed E-state index contributed by atoms with van der Waals surface area (Å²) < 4.78 is 13.3. The number of nitrogens with zero attached hydrogens (tertiary/aromatic N) is 2. The van der Waals surface area contributed by atoms with Gasteiger partial charge in [0.25, 0.3) is 0 Å². The third-order valence-electron chi connectivity index (χ3n) is 4.22. The van der Waals surface area contributed by atoms with Crippen molar-refractivity contribution in [3.8, 4) is 11.1 Å². The van der Waals surface area contributed by atoms with Gasteiger partial charge in [-0.3, -0.25) is 4.98 Å². The summed E-state index contributed by atoms with van der Waals surface area (Å²) in [5.74, 6) is 0.584. The standard InChI is InChI=1S/C20H18ClFN4/c21-19-12-25-20(26-16-4-5-16)8-18(19)14-7-17(11-23-10-14)24-9-13-2-1-3-15(22)6-13/h1-3,6-8,10-12,16,24H,4-5,9H2,(H,25,26). The largest absolute Gasteiger partial charge is 0.380 e. The highest BCUT2D eigenvalue weighted by atomic mass is 35.5. The van der Waals surface area contributed by atoms with Crippen LogP contribution in [-0.2, 0) is 6.54 Å². The van der Waals surface area contributed by atoms with Crippen molar-refractivity contribution in [2.45, 2.75) is 25.4 Å². The Morgan fingerprint density at radius 2 is 2.00 bits per heavy atom. The summed E-state index contributed by atoms with van der Waals surface area (Å²) in [5, 5.41) is 7.23. The number of pyridine rings is 2. The smallest absolute Gasteiger partial charge is 0.126 e. The summed E-state index contributed by atoms with van der Waals surface area (Å²) in [7, 11) is 0. The Morgan fingerprint density at radius 3 is 2.81 bits per heavy atom. The van der Waals surface area contributed by atoms with E-state index in [0.717, 1.165) is 28.2 Å². The summed E-state index contributed by atoms with van der Waals surface area (Å²) in [6, 6.07) is 11.0. The zero-order valence-corrected chi connectivity index (χ0v) is 14.8. The molecule has 1 fully saturated rings. The highest BCUT2D eigenvalue weighted by Gasteiger charge is 2.21. The number of halogens is 2. The number of anilines is 2. The molecule has 0 amide bonds. The molecule has 2 aromatic heterocycles. The first kappa shape index (κ1) is 16.8. The molecule has 0 bridgehead atoms. The molecule has 0 aliphatic heterocycles. The van der Waals surface area contributed by atoms with Crippen LogP contribution in [0.2, 0.25) is 5.02 Å². The Morgan fingerprint density at radius 1 is 1.12 bits per heavy atom. The first-order valence-electron chi connectivity index (χ1n) is 8.53. The summed E-state index contributed by atoms with van der Waals surface area (Å²) in [6.45, 7) is 0.515. The SMILES string of the molecule is Fc1cccc(CNc2cncc(-c3cc(NC4CC4)ncc3Cl)c2)c1. The van der Waals surface area contributed by atoms with E-state index in [4.69, 9.17) is 11.6 Å². The van der Waals surface area contributed by atoms with E-state index in [1.807, 2.05) is 18.2 Å². The van der Waals surface area contributed by atoms with E-state index in [1.54, 1.807) is 24.7 Å². The highest BCUT2D eigenvalue weighted by Crippen LogP contribution is 2.32. The van der Waals surface area contributed by atoms with Crippen LogP contribution in [0.1, 0.15) is 18.4 Å². The molecule has 4 nitrogen and oxygen atoms in total. The van der Waals surface area contributed by atoms with Crippen molar-refractivity contribution in [3.63, 3.8) is 0 Å². The summed E-state index contributed by atoms with van der Waals surface area (Å²) >= 11 is 6.35. The Hall–Kier alpha value is -2.66. The van der Waals surface area contributed by atoms with Crippen LogP contribution >= 0.6 is 11.6 Å². The van der Waals surface area contributed by atoms with Gasteiger partial charge in [0, 0.05) is 42.3 Å². The quantitative estimate of drug-likeness (QED) is 0.633. The number of hydrogen-bond donors (Lipinski definition) is 2. The molecule has 4 rings (SSSR count). The maximum Gasteiger partial charge on any atom is 0.126 e. The van der Waals surface area contributed by atoms with Crippen molar-refractivity contribution in [2.24, 2.45) is 0 Å². The molecule has 0 unspecified atom stereocenters. The fourth-order valence-corrected chi connectivity index (χ4v) is 2.92. The van der Waals surface area contributed by atoms with E-state index < -0.39 is 0 Å². The van der Waals surface area contributed by atoms with Gasteiger partial charge in [-0.1, -0.05) is 23.7 Å². The third-order valence-corrected chi connectivity index (χ3v) is 4.52. The molecule has 0 spiro atoms. The van der Waals surface area contributed by atoms with Gasteiger partial charge >= 0.3 is 0 Å².